The number of hydrogen-bond acceptors (Lipinski definition) is 5. The van der Waals surface area contributed by atoms with E-state index in [1.807, 2.05) is 30.3 Å². The Kier molecular flexibility index (Phi) is 6.13. The summed E-state index contributed by atoms with van der Waals surface area (Å²) in [6.45, 7) is -2.13. The van der Waals surface area contributed by atoms with E-state index in [4.69, 9.17) is 4.98 Å². The zero-order valence-electron chi connectivity index (χ0n) is 17.8. The van der Waals surface area contributed by atoms with Crippen LogP contribution in [-0.2, 0) is 18.7 Å². The van der Waals surface area contributed by atoms with Crippen molar-refractivity contribution in [2.75, 3.05) is 0 Å². The van der Waals surface area contributed by atoms with Gasteiger partial charge in [0.2, 0.25) is 0 Å². The maximum atomic E-state index is 13.3. The summed E-state index contributed by atoms with van der Waals surface area (Å²) in [6.07, 6.45) is 3.82. The lowest BCUT2D eigenvalue weighted by atomic mass is 10.1. The van der Waals surface area contributed by atoms with Gasteiger partial charge in [0.25, 0.3) is 5.56 Å². The lowest BCUT2D eigenvalue weighted by molar-refractivity contribution is -0.0503. The van der Waals surface area contributed by atoms with Crippen molar-refractivity contribution in [1.82, 2.24) is 19.3 Å². The molecule has 2 aromatic carbocycles. The largest absolute Gasteiger partial charge is 0.435 e. The minimum atomic E-state index is -2.88. The summed E-state index contributed by atoms with van der Waals surface area (Å²) < 4.78 is 33.8. The van der Waals surface area contributed by atoms with Gasteiger partial charge in [-0.2, -0.15) is 13.5 Å². The second kappa shape index (κ2) is 9.35. The first-order chi connectivity index (χ1) is 16.1. The van der Waals surface area contributed by atoms with E-state index in [0.717, 1.165) is 43.1 Å². The van der Waals surface area contributed by atoms with Crippen molar-refractivity contribution in [2.45, 2.75) is 49.7 Å². The summed E-state index contributed by atoms with van der Waals surface area (Å²) in [6, 6.07) is 16.1. The van der Waals surface area contributed by atoms with Crippen molar-refractivity contribution in [3.63, 3.8) is 0 Å². The molecule has 3 aliphatic rings. The van der Waals surface area contributed by atoms with Gasteiger partial charge in [-0.3, -0.25) is 4.79 Å². The number of aromatic nitrogens is 4. The van der Waals surface area contributed by atoms with Crippen LogP contribution in [0.3, 0.4) is 0 Å². The van der Waals surface area contributed by atoms with Crippen LogP contribution in [0, 0.1) is 0 Å². The van der Waals surface area contributed by atoms with E-state index < -0.39 is 6.61 Å². The number of nitrogens with zero attached hydrogens (tertiary/aromatic N) is 4. The molecule has 3 aliphatic heterocycles. The molecule has 0 radical (unpaired) electrons. The minimum absolute atomic E-state index is 0.160. The molecule has 0 unspecified atom stereocenters. The average molecular weight is 469 g/mol. The number of fused-ring (bicyclic) bond motifs is 3. The first-order valence-corrected chi connectivity index (χ1v) is 11.8. The third-order valence-electron chi connectivity index (χ3n) is 5.71. The van der Waals surface area contributed by atoms with Gasteiger partial charge < -0.3 is 9.30 Å². The fourth-order valence-corrected chi connectivity index (χ4v) is 5.22. The highest BCUT2D eigenvalue weighted by molar-refractivity contribution is 7.98. The summed E-state index contributed by atoms with van der Waals surface area (Å²) in [5, 5.41) is 5.26. The van der Waals surface area contributed by atoms with E-state index in [9.17, 15) is 13.6 Å². The lowest BCUT2D eigenvalue weighted by Gasteiger charge is -2.18. The second-order valence-electron chi connectivity index (χ2n) is 7.83. The topological polar surface area (TPSA) is 61.9 Å². The van der Waals surface area contributed by atoms with Crippen LogP contribution in [0.25, 0.3) is 17.1 Å². The van der Waals surface area contributed by atoms with Gasteiger partial charge in [-0.1, -0.05) is 54.6 Å². The Hall–Kier alpha value is -3.20. The van der Waals surface area contributed by atoms with E-state index >= 15 is 0 Å². The molecule has 5 rings (SSSR count). The van der Waals surface area contributed by atoms with Crippen molar-refractivity contribution in [2.24, 2.45) is 0 Å². The number of hydrogen-bond donors (Lipinski definition) is 0. The zero-order valence-corrected chi connectivity index (χ0v) is 18.6. The summed E-state index contributed by atoms with van der Waals surface area (Å²) in [4.78, 5) is 18.1. The van der Waals surface area contributed by atoms with E-state index in [1.54, 1.807) is 18.2 Å². The van der Waals surface area contributed by atoms with Crippen LogP contribution in [0.1, 0.15) is 30.5 Å². The molecule has 0 atom stereocenters. The number of thioether (sulfide) groups is 1. The Labute approximate surface area is 193 Å². The molecule has 0 N–H and O–H groups in total. The predicted molar refractivity (Wildman–Crippen MR) is 122 cm³/mol. The summed E-state index contributed by atoms with van der Waals surface area (Å²) in [7, 11) is 0. The number of ether oxygens (including phenoxy) is 1. The molecule has 2 aromatic rings. The first-order valence-electron chi connectivity index (χ1n) is 10.8. The normalized spacial score (nSPS) is 13.8. The van der Waals surface area contributed by atoms with E-state index in [0.29, 0.717) is 28.4 Å². The van der Waals surface area contributed by atoms with Crippen molar-refractivity contribution < 1.29 is 13.5 Å². The Morgan fingerprint density at radius 3 is 2.64 bits per heavy atom. The van der Waals surface area contributed by atoms with Crippen LogP contribution in [0.15, 0.2) is 64.5 Å². The summed E-state index contributed by atoms with van der Waals surface area (Å²) in [5.74, 6) is 0.980. The first kappa shape index (κ1) is 21.6. The van der Waals surface area contributed by atoms with E-state index in [2.05, 4.69) is 14.4 Å². The Bertz CT molecular complexity index is 1290. The molecule has 0 aliphatic carbocycles. The predicted octanol–water partition coefficient (Wildman–Crippen LogP) is 5.15. The molecule has 0 saturated carbocycles. The van der Waals surface area contributed by atoms with Crippen LogP contribution >= 0.6 is 11.8 Å². The fourth-order valence-electron chi connectivity index (χ4n) is 4.18. The molecule has 9 heteroatoms. The quantitative estimate of drug-likeness (QED) is 0.289. The van der Waals surface area contributed by atoms with Gasteiger partial charge in [-0.25, -0.2) is 4.98 Å². The molecule has 0 amide bonds. The van der Waals surface area contributed by atoms with E-state index in [1.165, 1.54) is 22.5 Å². The molecule has 0 spiro atoms. The molecule has 0 bridgehead atoms. The fraction of sp³-hybridized carbons (Fsp3) is 0.292. The summed E-state index contributed by atoms with van der Waals surface area (Å²) in [5.41, 5.74) is 2.70. The standard InChI is InChI=1S/C24H22F2N4O2S/c25-23(26)32-19-13-7-6-9-16(19)15-33-24-27-21-20(18-12-5-2-8-14-29(18)24)22(31)30(28-21)17-10-3-1-4-11-17/h1,3-4,6-7,9-11,13,23H,2,5,8,12,14-15H2. The highest BCUT2D eigenvalue weighted by Gasteiger charge is 2.27. The average Bonchev–Trinajstić information content (AvgIpc) is 2.98. The zero-order chi connectivity index (χ0) is 22.8. The van der Waals surface area contributed by atoms with Gasteiger partial charge in [0.1, 0.15) is 11.3 Å². The molecular weight excluding hydrogens is 446 g/mol. The number of rotatable bonds is 6. The number of alkyl halides is 2. The van der Waals surface area contributed by atoms with Gasteiger partial charge in [-0.05, 0) is 37.5 Å². The van der Waals surface area contributed by atoms with Crippen molar-refractivity contribution >= 4 is 11.8 Å². The van der Waals surface area contributed by atoms with Crippen LogP contribution in [-0.4, -0.2) is 25.9 Å². The van der Waals surface area contributed by atoms with Gasteiger partial charge in [-0.15, -0.1) is 5.10 Å². The number of halogens is 2. The monoisotopic (exact) mass is 468 g/mol. The van der Waals surface area contributed by atoms with Crippen LogP contribution in [0.2, 0.25) is 0 Å². The van der Waals surface area contributed by atoms with Crippen molar-refractivity contribution in [1.29, 1.82) is 0 Å². The highest BCUT2D eigenvalue weighted by Crippen LogP contribution is 2.33. The van der Waals surface area contributed by atoms with Gasteiger partial charge in [0, 0.05) is 23.6 Å². The summed E-state index contributed by atoms with van der Waals surface area (Å²) >= 11 is 1.44. The maximum Gasteiger partial charge on any atom is 0.387 e. The smallest absolute Gasteiger partial charge is 0.387 e. The van der Waals surface area contributed by atoms with Gasteiger partial charge in [0.15, 0.2) is 11.0 Å². The molecular formula is C24H22F2N4O2S. The SMILES string of the molecule is O=c1c2c3n(c(SCc4ccccc4OC(F)F)nc-2nn1-c1ccccc1)CCCCC3. The van der Waals surface area contributed by atoms with Crippen LogP contribution in [0.5, 0.6) is 5.75 Å². The molecule has 0 fully saturated rings. The maximum absolute atomic E-state index is 13.3. The molecule has 3 heterocycles. The molecule has 6 nitrogen and oxygen atoms in total. The van der Waals surface area contributed by atoms with Crippen LogP contribution < -0.4 is 10.3 Å². The van der Waals surface area contributed by atoms with Gasteiger partial charge in [0.05, 0.1) is 5.69 Å². The van der Waals surface area contributed by atoms with Crippen molar-refractivity contribution in [3.8, 4) is 22.8 Å². The van der Waals surface area contributed by atoms with Crippen LogP contribution in [0.4, 0.5) is 8.78 Å². The Morgan fingerprint density at radius 1 is 1.03 bits per heavy atom. The molecule has 0 aromatic heterocycles. The molecule has 33 heavy (non-hydrogen) atoms. The highest BCUT2D eigenvalue weighted by atomic mass is 32.2. The van der Waals surface area contributed by atoms with Crippen molar-refractivity contribution in [3.05, 3.63) is 76.2 Å². The van der Waals surface area contributed by atoms with E-state index in [-0.39, 0.29) is 11.3 Å². The Morgan fingerprint density at radius 2 is 1.82 bits per heavy atom. The number of benzene rings is 2. The second-order valence-corrected chi connectivity index (χ2v) is 8.77. The number of para-hydroxylation sites is 2. The Balaban J connectivity index is 1.57. The minimum Gasteiger partial charge on any atom is -0.435 e. The third kappa shape index (κ3) is 4.37. The van der Waals surface area contributed by atoms with Gasteiger partial charge >= 0.3 is 6.61 Å². The molecule has 170 valence electrons. The third-order valence-corrected chi connectivity index (χ3v) is 6.74. The lowest BCUT2D eigenvalue weighted by Crippen LogP contribution is -2.19. The molecule has 0 saturated heterocycles.